The van der Waals surface area contributed by atoms with Crippen LogP contribution in [0.3, 0.4) is 0 Å². The van der Waals surface area contributed by atoms with Crippen molar-refractivity contribution >= 4 is 29.5 Å². The third kappa shape index (κ3) is 6.49. The molecule has 38 heavy (non-hydrogen) atoms. The second-order valence-electron chi connectivity index (χ2n) is 8.16. The number of carbonyl (C=O) groups excluding carboxylic acids is 3. The van der Waals surface area contributed by atoms with Gasteiger partial charge in [0.05, 0.1) is 16.7 Å². The minimum absolute atomic E-state index is 0.213. The standard InChI is InChI=1S/C27H22ClN3O7/c28-24-21(30-31-29)23(38-27(34)19-14-8-3-9-15-19)22(37-26(33)18-12-6-2-7-13-18)20(36-24)16-35-25(32)17-10-4-1-5-11-17/h1-15,20-24H,16H2/t20-,21-,22+,23-,24+/m1/s1. The molecule has 0 N–H and O–H groups in total. The Labute approximate surface area is 222 Å². The highest BCUT2D eigenvalue weighted by molar-refractivity contribution is 6.20. The summed E-state index contributed by atoms with van der Waals surface area (Å²) in [5.74, 6) is -2.17. The molecule has 0 radical (unpaired) electrons. The largest absolute Gasteiger partial charge is 0.459 e. The van der Waals surface area contributed by atoms with Crippen molar-refractivity contribution in [2.75, 3.05) is 6.61 Å². The number of azide groups is 1. The summed E-state index contributed by atoms with van der Waals surface area (Å²) in [6.07, 6.45) is -3.86. The molecule has 1 aliphatic heterocycles. The monoisotopic (exact) mass is 535 g/mol. The molecule has 4 rings (SSSR count). The van der Waals surface area contributed by atoms with Gasteiger partial charge in [0.1, 0.15) is 24.3 Å². The number of hydrogen-bond acceptors (Lipinski definition) is 8. The molecule has 1 fully saturated rings. The molecule has 0 aromatic heterocycles. The second kappa shape index (κ2) is 12.7. The Hall–Kier alpha value is -4.37. The minimum Gasteiger partial charge on any atom is -0.459 e. The van der Waals surface area contributed by atoms with Gasteiger partial charge in [0, 0.05) is 4.91 Å². The Balaban J connectivity index is 1.64. The normalized spacial score (nSPS) is 22.4. The zero-order chi connectivity index (χ0) is 26.9. The molecule has 0 unspecified atom stereocenters. The van der Waals surface area contributed by atoms with Crippen LogP contribution in [0, 0.1) is 0 Å². The summed E-state index contributed by atoms with van der Waals surface area (Å²) in [5.41, 5.74) is 8.58. The molecule has 3 aromatic rings. The van der Waals surface area contributed by atoms with E-state index in [1.807, 2.05) is 0 Å². The van der Waals surface area contributed by atoms with E-state index in [-0.39, 0.29) is 11.1 Å². The smallest absolute Gasteiger partial charge is 0.338 e. The first-order valence-electron chi connectivity index (χ1n) is 11.6. The third-order valence-corrected chi connectivity index (χ3v) is 6.04. The number of alkyl halides is 1. The van der Waals surface area contributed by atoms with Crippen molar-refractivity contribution in [1.29, 1.82) is 0 Å². The number of ether oxygens (including phenoxy) is 4. The van der Waals surface area contributed by atoms with Gasteiger partial charge in [-0.25, -0.2) is 14.4 Å². The van der Waals surface area contributed by atoms with Crippen molar-refractivity contribution < 1.29 is 33.3 Å². The Bertz CT molecular complexity index is 1300. The second-order valence-corrected chi connectivity index (χ2v) is 8.59. The molecule has 0 bridgehead atoms. The van der Waals surface area contributed by atoms with Gasteiger partial charge in [0.25, 0.3) is 0 Å². The highest BCUT2D eigenvalue weighted by atomic mass is 35.5. The highest BCUT2D eigenvalue weighted by Crippen LogP contribution is 2.32. The Morgan fingerprint density at radius 2 is 1.21 bits per heavy atom. The minimum atomic E-state index is -1.36. The predicted molar refractivity (Wildman–Crippen MR) is 135 cm³/mol. The van der Waals surface area contributed by atoms with E-state index in [1.165, 1.54) is 24.3 Å². The van der Waals surface area contributed by atoms with Crippen LogP contribution in [0.15, 0.2) is 96.1 Å². The first-order chi connectivity index (χ1) is 18.5. The lowest BCUT2D eigenvalue weighted by molar-refractivity contribution is -0.171. The van der Waals surface area contributed by atoms with E-state index in [4.69, 9.17) is 36.1 Å². The van der Waals surface area contributed by atoms with Crippen LogP contribution in [0.25, 0.3) is 10.4 Å². The first-order valence-corrected chi connectivity index (χ1v) is 12.0. The molecule has 194 valence electrons. The van der Waals surface area contributed by atoms with Crippen molar-refractivity contribution in [3.63, 3.8) is 0 Å². The lowest BCUT2D eigenvalue weighted by atomic mass is 9.97. The number of carbonyl (C=O) groups is 3. The van der Waals surface area contributed by atoms with E-state index >= 15 is 0 Å². The van der Waals surface area contributed by atoms with E-state index < -0.39 is 54.4 Å². The topological polar surface area (TPSA) is 137 Å². The molecule has 1 heterocycles. The molecule has 10 nitrogen and oxygen atoms in total. The zero-order valence-electron chi connectivity index (χ0n) is 19.8. The molecule has 1 saturated heterocycles. The van der Waals surface area contributed by atoms with Crippen LogP contribution in [0.1, 0.15) is 31.1 Å². The molecule has 3 aromatic carbocycles. The van der Waals surface area contributed by atoms with Gasteiger partial charge in [-0.05, 0) is 41.9 Å². The zero-order valence-corrected chi connectivity index (χ0v) is 20.6. The number of nitrogens with zero attached hydrogens (tertiary/aromatic N) is 3. The first kappa shape index (κ1) is 26.7. The Morgan fingerprint density at radius 1 is 0.763 bits per heavy atom. The molecule has 0 spiro atoms. The number of rotatable bonds is 8. The lowest BCUT2D eigenvalue weighted by Crippen LogP contribution is -2.59. The van der Waals surface area contributed by atoms with Gasteiger partial charge >= 0.3 is 17.9 Å². The van der Waals surface area contributed by atoms with Gasteiger partial charge in [-0.2, -0.15) is 0 Å². The Morgan fingerprint density at radius 3 is 1.68 bits per heavy atom. The summed E-state index contributed by atoms with van der Waals surface area (Å²) in [6, 6.07) is 23.2. The summed E-state index contributed by atoms with van der Waals surface area (Å²) in [4.78, 5) is 41.3. The lowest BCUT2D eigenvalue weighted by Gasteiger charge is -2.41. The molecular formula is C27H22ClN3O7. The van der Waals surface area contributed by atoms with Crippen LogP contribution in [-0.2, 0) is 18.9 Å². The number of hydrogen-bond donors (Lipinski definition) is 0. The number of esters is 3. The predicted octanol–water partition coefficient (Wildman–Crippen LogP) is 4.94. The number of halogens is 1. The average molecular weight is 536 g/mol. The van der Waals surface area contributed by atoms with Crippen molar-refractivity contribution in [3.05, 3.63) is 118 Å². The van der Waals surface area contributed by atoms with Crippen molar-refractivity contribution in [2.24, 2.45) is 5.11 Å². The van der Waals surface area contributed by atoms with Crippen LogP contribution < -0.4 is 0 Å². The van der Waals surface area contributed by atoms with Gasteiger partial charge in [-0.3, -0.25) is 0 Å². The molecule has 0 amide bonds. The molecule has 11 heteroatoms. The highest BCUT2D eigenvalue weighted by Gasteiger charge is 2.50. The van der Waals surface area contributed by atoms with Crippen molar-refractivity contribution in [2.45, 2.75) is 29.9 Å². The molecule has 0 aliphatic carbocycles. The van der Waals surface area contributed by atoms with E-state index in [2.05, 4.69) is 10.0 Å². The van der Waals surface area contributed by atoms with E-state index in [1.54, 1.807) is 66.7 Å². The summed E-state index contributed by atoms with van der Waals surface area (Å²) in [6.45, 7) is -0.397. The van der Waals surface area contributed by atoms with Crippen LogP contribution in [0.4, 0.5) is 0 Å². The van der Waals surface area contributed by atoms with Crippen LogP contribution in [0.5, 0.6) is 0 Å². The fourth-order valence-corrected chi connectivity index (χ4v) is 4.14. The summed E-state index contributed by atoms with van der Waals surface area (Å²) in [5, 5.41) is 3.65. The van der Waals surface area contributed by atoms with Gasteiger partial charge < -0.3 is 18.9 Å². The van der Waals surface area contributed by atoms with Crippen molar-refractivity contribution in [1.82, 2.24) is 0 Å². The summed E-state index contributed by atoms with van der Waals surface area (Å²) >= 11 is 6.37. The maximum Gasteiger partial charge on any atom is 0.338 e. The van der Waals surface area contributed by atoms with Crippen molar-refractivity contribution in [3.8, 4) is 0 Å². The summed E-state index contributed by atoms with van der Waals surface area (Å²) < 4.78 is 22.6. The molecule has 1 aliphatic rings. The van der Waals surface area contributed by atoms with Gasteiger partial charge in [0.2, 0.25) is 0 Å². The summed E-state index contributed by atoms with van der Waals surface area (Å²) in [7, 11) is 0. The maximum atomic E-state index is 13.0. The number of benzene rings is 3. The molecule has 0 saturated carbocycles. The van der Waals surface area contributed by atoms with Crippen LogP contribution >= 0.6 is 11.6 Å². The molecular weight excluding hydrogens is 514 g/mol. The van der Waals surface area contributed by atoms with E-state index in [0.29, 0.717) is 5.56 Å². The van der Waals surface area contributed by atoms with Crippen LogP contribution in [-0.4, -0.2) is 54.4 Å². The van der Waals surface area contributed by atoms with Gasteiger partial charge in [-0.15, -0.1) is 0 Å². The van der Waals surface area contributed by atoms with Gasteiger partial charge in [0.15, 0.2) is 12.2 Å². The fourth-order valence-electron chi connectivity index (χ4n) is 3.82. The average Bonchev–Trinajstić information content (AvgIpc) is 2.96. The quantitative estimate of drug-likeness (QED) is 0.0994. The third-order valence-electron chi connectivity index (χ3n) is 5.68. The van der Waals surface area contributed by atoms with Crippen LogP contribution in [0.2, 0.25) is 0 Å². The fraction of sp³-hybridized carbons (Fsp3) is 0.222. The van der Waals surface area contributed by atoms with E-state index in [9.17, 15) is 14.4 Å². The Kier molecular flexibility index (Phi) is 8.94. The maximum absolute atomic E-state index is 13.0. The molecule has 5 atom stereocenters. The van der Waals surface area contributed by atoms with E-state index in [0.717, 1.165) is 0 Å². The van der Waals surface area contributed by atoms with Gasteiger partial charge in [-0.1, -0.05) is 71.3 Å². The SMILES string of the molecule is [N-]=[N+]=N[C@@H]1[C@@H](OC(=O)c2ccccc2)[C@@H](OC(=O)c2ccccc2)[C@@H](COC(=O)c2ccccc2)O[C@@H]1Cl.